The Hall–Kier alpha value is -1.06. The van der Waals surface area contributed by atoms with Crippen molar-refractivity contribution in [2.45, 2.75) is 26.7 Å². The van der Waals surface area contributed by atoms with Crippen molar-refractivity contribution in [2.75, 3.05) is 18.4 Å². The summed E-state index contributed by atoms with van der Waals surface area (Å²) in [5.41, 5.74) is 1.46. The predicted octanol–water partition coefficient (Wildman–Crippen LogP) is 2.98. The van der Waals surface area contributed by atoms with Gasteiger partial charge in [-0.25, -0.2) is 0 Å². The maximum absolute atomic E-state index is 12.4. The van der Waals surface area contributed by atoms with Gasteiger partial charge >= 0.3 is 0 Å². The normalized spacial score (nSPS) is 18.4. The van der Waals surface area contributed by atoms with Crippen LogP contribution in [-0.2, 0) is 4.79 Å². The number of carbonyl (C=O) groups is 1. The first-order valence-corrected chi connectivity index (χ1v) is 6.68. The number of hydrogen-bond donors (Lipinski definition) is 2. The highest BCUT2D eigenvalue weighted by molar-refractivity contribution is 6.31. The summed E-state index contributed by atoms with van der Waals surface area (Å²) in [6, 6.07) is 5.58. The van der Waals surface area contributed by atoms with Crippen molar-refractivity contribution in [1.29, 1.82) is 0 Å². The van der Waals surface area contributed by atoms with Crippen LogP contribution in [-0.4, -0.2) is 19.0 Å². The molecule has 0 unspecified atom stereocenters. The molecular weight excluding hydrogens is 248 g/mol. The summed E-state index contributed by atoms with van der Waals surface area (Å²) in [6.45, 7) is 5.75. The Morgan fingerprint density at radius 2 is 2.06 bits per heavy atom. The molecular formula is C14H19ClN2O. The van der Waals surface area contributed by atoms with Gasteiger partial charge in [0, 0.05) is 16.1 Å². The van der Waals surface area contributed by atoms with Crippen molar-refractivity contribution < 1.29 is 4.79 Å². The standard InChI is InChI=1S/C14H19ClN2O/c1-10-11(15)4-3-5-12(10)17-13(18)14(2)6-8-16-9-7-14/h3-5,16H,6-9H2,1-2H3,(H,17,18). The molecule has 1 aromatic carbocycles. The predicted molar refractivity (Wildman–Crippen MR) is 75.0 cm³/mol. The molecule has 1 heterocycles. The number of halogens is 1. The van der Waals surface area contributed by atoms with Crippen molar-refractivity contribution >= 4 is 23.2 Å². The second-order valence-electron chi connectivity index (χ2n) is 5.18. The highest BCUT2D eigenvalue weighted by atomic mass is 35.5. The van der Waals surface area contributed by atoms with Gasteiger partial charge in [-0.1, -0.05) is 24.6 Å². The number of hydrogen-bond acceptors (Lipinski definition) is 2. The Morgan fingerprint density at radius 3 is 2.72 bits per heavy atom. The Morgan fingerprint density at radius 1 is 1.39 bits per heavy atom. The molecule has 1 fully saturated rings. The highest BCUT2D eigenvalue weighted by Crippen LogP contribution is 2.31. The van der Waals surface area contributed by atoms with Gasteiger partial charge in [0.15, 0.2) is 0 Å². The molecule has 2 N–H and O–H groups in total. The summed E-state index contributed by atoms with van der Waals surface area (Å²) in [5.74, 6) is 0.0920. The SMILES string of the molecule is Cc1c(Cl)cccc1NC(=O)C1(C)CCNCC1. The summed E-state index contributed by atoms with van der Waals surface area (Å²) < 4.78 is 0. The molecule has 18 heavy (non-hydrogen) atoms. The molecule has 1 aliphatic heterocycles. The van der Waals surface area contributed by atoms with Crippen LogP contribution in [0.4, 0.5) is 5.69 Å². The molecule has 1 aliphatic rings. The highest BCUT2D eigenvalue weighted by Gasteiger charge is 2.34. The molecule has 4 heteroatoms. The van der Waals surface area contributed by atoms with Gasteiger partial charge in [0.2, 0.25) is 5.91 Å². The number of amides is 1. The lowest BCUT2D eigenvalue weighted by Crippen LogP contribution is -2.42. The molecule has 1 amide bonds. The molecule has 0 atom stereocenters. The zero-order valence-electron chi connectivity index (χ0n) is 10.8. The molecule has 1 aromatic rings. The quantitative estimate of drug-likeness (QED) is 0.864. The lowest BCUT2D eigenvalue weighted by atomic mass is 9.80. The van der Waals surface area contributed by atoms with Crippen molar-refractivity contribution in [1.82, 2.24) is 5.32 Å². The van der Waals surface area contributed by atoms with E-state index in [9.17, 15) is 4.79 Å². The molecule has 0 spiro atoms. The van der Waals surface area contributed by atoms with Crippen molar-refractivity contribution in [3.63, 3.8) is 0 Å². The van der Waals surface area contributed by atoms with E-state index in [4.69, 9.17) is 11.6 Å². The molecule has 0 aliphatic carbocycles. The first kappa shape index (κ1) is 13.4. The van der Waals surface area contributed by atoms with Gasteiger partial charge in [0.1, 0.15) is 0 Å². The van der Waals surface area contributed by atoms with Crippen molar-refractivity contribution in [2.24, 2.45) is 5.41 Å². The van der Waals surface area contributed by atoms with Crippen LogP contribution in [0.1, 0.15) is 25.3 Å². The van der Waals surface area contributed by atoms with Gasteiger partial charge in [0.25, 0.3) is 0 Å². The first-order valence-electron chi connectivity index (χ1n) is 6.30. The van der Waals surface area contributed by atoms with E-state index in [0.717, 1.165) is 37.2 Å². The minimum absolute atomic E-state index is 0.0920. The zero-order chi connectivity index (χ0) is 13.2. The minimum Gasteiger partial charge on any atom is -0.325 e. The Labute approximate surface area is 113 Å². The lowest BCUT2D eigenvalue weighted by Gasteiger charge is -2.32. The van der Waals surface area contributed by atoms with Gasteiger partial charge in [0.05, 0.1) is 0 Å². The number of benzene rings is 1. The summed E-state index contributed by atoms with van der Waals surface area (Å²) in [5, 5.41) is 6.97. The smallest absolute Gasteiger partial charge is 0.230 e. The second kappa shape index (κ2) is 5.29. The fourth-order valence-corrected chi connectivity index (χ4v) is 2.40. The van der Waals surface area contributed by atoms with Crippen LogP contribution in [0.25, 0.3) is 0 Å². The van der Waals surface area contributed by atoms with Gasteiger partial charge in [-0.2, -0.15) is 0 Å². The zero-order valence-corrected chi connectivity index (χ0v) is 11.6. The average Bonchev–Trinajstić information content (AvgIpc) is 2.36. The van der Waals surface area contributed by atoms with Crippen LogP contribution in [0.3, 0.4) is 0 Å². The maximum Gasteiger partial charge on any atom is 0.230 e. The number of rotatable bonds is 2. The summed E-state index contributed by atoms with van der Waals surface area (Å²) in [6.07, 6.45) is 1.75. The fraction of sp³-hybridized carbons (Fsp3) is 0.500. The summed E-state index contributed by atoms with van der Waals surface area (Å²) >= 11 is 6.06. The van der Waals surface area contributed by atoms with E-state index < -0.39 is 0 Å². The van der Waals surface area contributed by atoms with Crippen LogP contribution in [0, 0.1) is 12.3 Å². The van der Waals surface area contributed by atoms with Crippen LogP contribution in [0.15, 0.2) is 18.2 Å². The van der Waals surface area contributed by atoms with E-state index in [-0.39, 0.29) is 11.3 Å². The fourth-order valence-electron chi connectivity index (χ4n) is 2.22. The largest absolute Gasteiger partial charge is 0.325 e. The van der Waals surface area contributed by atoms with Crippen LogP contribution in [0.2, 0.25) is 5.02 Å². The van der Waals surface area contributed by atoms with Gasteiger partial charge < -0.3 is 10.6 Å². The molecule has 0 bridgehead atoms. The Bertz CT molecular complexity index is 453. The number of carbonyl (C=O) groups excluding carboxylic acids is 1. The number of anilines is 1. The molecule has 0 saturated carbocycles. The number of piperidine rings is 1. The van der Waals surface area contributed by atoms with E-state index in [1.807, 2.05) is 32.0 Å². The maximum atomic E-state index is 12.4. The molecule has 0 aromatic heterocycles. The Balaban J connectivity index is 2.13. The Kier molecular flexibility index (Phi) is 3.93. The van der Waals surface area contributed by atoms with E-state index in [0.29, 0.717) is 5.02 Å². The van der Waals surface area contributed by atoms with Gasteiger partial charge in [-0.05, 0) is 50.6 Å². The second-order valence-corrected chi connectivity index (χ2v) is 5.58. The van der Waals surface area contributed by atoms with Crippen molar-refractivity contribution in [3.8, 4) is 0 Å². The van der Waals surface area contributed by atoms with Crippen LogP contribution in [0.5, 0.6) is 0 Å². The van der Waals surface area contributed by atoms with E-state index >= 15 is 0 Å². The van der Waals surface area contributed by atoms with E-state index in [1.54, 1.807) is 0 Å². The molecule has 0 radical (unpaired) electrons. The molecule has 2 rings (SSSR count). The van der Waals surface area contributed by atoms with Crippen LogP contribution < -0.4 is 10.6 Å². The molecule has 3 nitrogen and oxygen atoms in total. The summed E-state index contributed by atoms with van der Waals surface area (Å²) in [7, 11) is 0. The monoisotopic (exact) mass is 266 g/mol. The topological polar surface area (TPSA) is 41.1 Å². The summed E-state index contributed by atoms with van der Waals surface area (Å²) in [4.78, 5) is 12.4. The average molecular weight is 267 g/mol. The lowest BCUT2D eigenvalue weighted by molar-refractivity contribution is -0.126. The number of nitrogens with one attached hydrogen (secondary N) is 2. The third-order valence-electron chi connectivity index (χ3n) is 3.77. The third-order valence-corrected chi connectivity index (χ3v) is 4.18. The first-order chi connectivity index (χ1) is 8.53. The molecule has 98 valence electrons. The van der Waals surface area contributed by atoms with Crippen molar-refractivity contribution in [3.05, 3.63) is 28.8 Å². The third kappa shape index (κ3) is 2.68. The van der Waals surface area contributed by atoms with E-state index in [1.165, 1.54) is 0 Å². The minimum atomic E-state index is -0.278. The van der Waals surface area contributed by atoms with Crippen LogP contribution >= 0.6 is 11.6 Å². The van der Waals surface area contributed by atoms with Gasteiger partial charge in [-0.15, -0.1) is 0 Å². The van der Waals surface area contributed by atoms with E-state index in [2.05, 4.69) is 10.6 Å². The van der Waals surface area contributed by atoms with Gasteiger partial charge in [-0.3, -0.25) is 4.79 Å². The molecule has 1 saturated heterocycles.